The molecule has 1 aliphatic heterocycles. The Morgan fingerprint density at radius 3 is 2.60 bits per heavy atom. The molecule has 4 rings (SSSR count). The molecule has 0 bridgehead atoms. The molecule has 1 aliphatic rings. The maximum atomic E-state index is 12.9. The van der Waals surface area contributed by atoms with Crippen LogP contribution in [-0.2, 0) is 13.0 Å². The molecule has 0 saturated carbocycles. The summed E-state index contributed by atoms with van der Waals surface area (Å²) >= 11 is 0. The third-order valence-electron chi connectivity index (χ3n) is 5.78. The van der Waals surface area contributed by atoms with E-state index in [1.54, 1.807) is 10.9 Å². The molecule has 0 unspecified atom stereocenters. The van der Waals surface area contributed by atoms with Gasteiger partial charge in [-0.05, 0) is 30.5 Å². The van der Waals surface area contributed by atoms with E-state index in [0.29, 0.717) is 12.2 Å². The van der Waals surface area contributed by atoms with Crippen molar-refractivity contribution in [2.75, 3.05) is 26.7 Å². The number of aromatic nitrogens is 4. The largest absolute Gasteiger partial charge is 0.337 e. The molecule has 1 fully saturated rings. The lowest BCUT2D eigenvalue weighted by Gasteiger charge is -2.36. The molecule has 0 N–H and O–H groups in total. The lowest BCUT2D eigenvalue weighted by Crippen LogP contribution is -2.46. The topological polar surface area (TPSA) is 67.2 Å². The highest BCUT2D eigenvalue weighted by atomic mass is 16.2. The van der Waals surface area contributed by atoms with Gasteiger partial charge in [-0.15, -0.1) is 5.10 Å². The SMILES string of the molecule is CN(C(=O)c1cn(Cc2ccccc2)nn1)C1CCN(CCc2ccccn2)CC1. The number of benzene rings is 1. The monoisotopic (exact) mass is 404 g/mol. The number of nitrogens with zero attached hydrogens (tertiary/aromatic N) is 6. The van der Waals surface area contributed by atoms with Crippen molar-refractivity contribution in [1.82, 2.24) is 29.8 Å². The van der Waals surface area contributed by atoms with Gasteiger partial charge in [0.1, 0.15) is 0 Å². The number of hydrogen-bond acceptors (Lipinski definition) is 5. The third kappa shape index (κ3) is 5.10. The minimum absolute atomic E-state index is 0.0544. The highest BCUT2D eigenvalue weighted by Crippen LogP contribution is 2.17. The van der Waals surface area contributed by atoms with Crippen LogP contribution in [0, 0.1) is 0 Å². The number of carbonyl (C=O) groups is 1. The molecule has 3 heterocycles. The Labute approximate surface area is 177 Å². The van der Waals surface area contributed by atoms with Crippen molar-refractivity contribution in [2.24, 2.45) is 0 Å². The minimum atomic E-state index is -0.0544. The summed E-state index contributed by atoms with van der Waals surface area (Å²) in [5.41, 5.74) is 2.67. The molecule has 2 aromatic heterocycles. The van der Waals surface area contributed by atoms with Gasteiger partial charge < -0.3 is 9.80 Å². The van der Waals surface area contributed by atoms with E-state index < -0.39 is 0 Å². The van der Waals surface area contributed by atoms with Gasteiger partial charge in [0, 0.05) is 51.0 Å². The first-order valence-electron chi connectivity index (χ1n) is 10.5. The Bertz CT molecular complexity index is 935. The van der Waals surface area contributed by atoms with Crippen LogP contribution in [0.3, 0.4) is 0 Å². The molecule has 1 amide bonds. The summed E-state index contributed by atoms with van der Waals surface area (Å²) in [5.74, 6) is -0.0544. The van der Waals surface area contributed by atoms with Gasteiger partial charge in [-0.2, -0.15) is 0 Å². The van der Waals surface area contributed by atoms with E-state index in [1.807, 2.05) is 60.6 Å². The van der Waals surface area contributed by atoms with Crippen molar-refractivity contribution < 1.29 is 4.79 Å². The van der Waals surface area contributed by atoms with Crippen molar-refractivity contribution in [3.05, 3.63) is 77.9 Å². The number of likely N-dealkylation sites (tertiary alicyclic amines) is 1. The number of hydrogen-bond donors (Lipinski definition) is 0. The molecule has 7 heteroatoms. The molecule has 0 radical (unpaired) electrons. The number of pyridine rings is 1. The second kappa shape index (κ2) is 9.63. The van der Waals surface area contributed by atoms with E-state index in [4.69, 9.17) is 0 Å². The number of amides is 1. The zero-order chi connectivity index (χ0) is 20.8. The van der Waals surface area contributed by atoms with Gasteiger partial charge in [-0.25, -0.2) is 4.68 Å². The van der Waals surface area contributed by atoms with Crippen molar-refractivity contribution in [3.8, 4) is 0 Å². The first-order valence-corrected chi connectivity index (χ1v) is 10.5. The first kappa shape index (κ1) is 20.2. The Kier molecular flexibility index (Phi) is 6.49. The lowest BCUT2D eigenvalue weighted by molar-refractivity contribution is 0.0637. The molecule has 1 saturated heterocycles. The minimum Gasteiger partial charge on any atom is -0.337 e. The van der Waals surface area contributed by atoms with Crippen molar-refractivity contribution in [1.29, 1.82) is 0 Å². The van der Waals surface area contributed by atoms with Crippen LogP contribution >= 0.6 is 0 Å². The van der Waals surface area contributed by atoms with E-state index in [2.05, 4.69) is 26.3 Å². The maximum absolute atomic E-state index is 12.9. The van der Waals surface area contributed by atoms with E-state index in [1.165, 1.54) is 0 Å². The van der Waals surface area contributed by atoms with Gasteiger partial charge in [0.25, 0.3) is 5.91 Å². The van der Waals surface area contributed by atoms with Gasteiger partial charge >= 0.3 is 0 Å². The molecular formula is C23H28N6O. The van der Waals surface area contributed by atoms with Gasteiger partial charge in [0.15, 0.2) is 5.69 Å². The number of carbonyl (C=O) groups excluding carboxylic acids is 1. The summed E-state index contributed by atoms with van der Waals surface area (Å²) in [7, 11) is 1.88. The fraction of sp³-hybridized carbons (Fsp3) is 0.391. The van der Waals surface area contributed by atoms with Gasteiger partial charge in [-0.3, -0.25) is 9.78 Å². The number of rotatable bonds is 7. The molecule has 0 aliphatic carbocycles. The summed E-state index contributed by atoms with van der Waals surface area (Å²) < 4.78 is 1.72. The summed E-state index contributed by atoms with van der Waals surface area (Å²) in [4.78, 5) is 21.6. The first-order chi connectivity index (χ1) is 14.7. The van der Waals surface area contributed by atoms with Crippen molar-refractivity contribution in [2.45, 2.75) is 31.8 Å². The van der Waals surface area contributed by atoms with Crippen molar-refractivity contribution >= 4 is 5.91 Å². The Balaban J connectivity index is 1.26. The van der Waals surface area contributed by atoms with E-state index in [-0.39, 0.29) is 11.9 Å². The smallest absolute Gasteiger partial charge is 0.276 e. The molecule has 3 aromatic rings. The highest BCUT2D eigenvalue weighted by molar-refractivity contribution is 5.91. The van der Waals surface area contributed by atoms with Crippen LogP contribution in [0.15, 0.2) is 60.9 Å². The van der Waals surface area contributed by atoms with Crippen LogP contribution in [0.25, 0.3) is 0 Å². The predicted octanol–water partition coefficient (Wildman–Crippen LogP) is 2.50. The molecular weight excluding hydrogens is 376 g/mol. The summed E-state index contributed by atoms with van der Waals surface area (Å²) in [6.07, 6.45) is 6.50. The lowest BCUT2D eigenvalue weighted by atomic mass is 10.0. The van der Waals surface area contributed by atoms with E-state index in [9.17, 15) is 4.79 Å². The zero-order valence-corrected chi connectivity index (χ0v) is 17.4. The second-order valence-electron chi connectivity index (χ2n) is 7.85. The molecule has 30 heavy (non-hydrogen) atoms. The molecule has 156 valence electrons. The summed E-state index contributed by atoms with van der Waals surface area (Å²) in [6, 6.07) is 16.3. The fourth-order valence-electron chi connectivity index (χ4n) is 3.94. The molecule has 0 spiro atoms. The fourth-order valence-corrected chi connectivity index (χ4v) is 3.94. The van der Waals surface area contributed by atoms with Crippen LogP contribution in [0.5, 0.6) is 0 Å². The van der Waals surface area contributed by atoms with Gasteiger partial charge in [0.05, 0.1) is 12.7 Å². The van der Waals surface area contributed by atoms with Crippen LogP contribution in [-0.4, -0.2) is 68.4 Å². The quantitative estimate of drug-likeness (QED) is 0.605. The normalized spacial score (nSPS) is 15.2. The average Bonchev–Trinajstić information content (AvgIpc) is 3.27. The van der Waals surface area contributed by atoms with Crippen LogP contribution in [0.2, 0.25) is 0 Å². The van der Waals surface area contributed by atoms with Crippen LogP contribution in [0.4, 0.5) is 0 Å². The molecule has 7 nitrogen and oxygen atoms in total. The van der Waals surface area contributed by atoms with Crippen LogP contribution in [0.1, 0.15) is 34.6 Å². The van der Waals surface area contributed by atoms with Crippen LogP contribution < -0.4 is 0 Å². The highest BCUT2D eigenvalue weighted by Gasteiger charge is 2.27. The summed E-state index contributed by atoms with van der Waals surface area (Å²) in [5, 5.41) is 8.24. The molecule has 1 aromatic carbocycles. The van der Waals surface area contributed by atoms with Gasteiger partial charge in [0.2, 0.25) is 0 Å². The van der Waals surface area contributed by atoms with Gasteiger partial charge in [-0.1, -0.05) is 41.6 Å². The van der Waals surface area contributed by atoms with E-state index >= 15 is 0 Å². The standard InChI is InChI=1S/C23H28N6O/c1-27(21-11-15-28(16-12-21)14-10-20-9-5-6-13-24-20)23(30)22-18-29(26-25-22)17-19-7-3-2-4-8-19/h2-9,13,18,21H,10-12,14-17H2,1H3. The Morgan fingerprint density at radius 2 is 1.87 bits per heavy atom. The van der Waals surface area contributed by atoms with Crippen molar-refractivity contribution in [3.63, 3.8) is 0 Å². The van der Waals surface area contributed by atoms with E-state index in [0.717, 1.165) is 50.2 Å². The average molecular weight is 405 g/mol. The molecule has 0 atom stereocenters. The predicted molar refractivity (Wildman–Crippen MR) is 115 cm³/mol. The zero-order valence-electron chi connectivity index (χ0n) is 17.4. The Morgan fingerprint density at radius 1 is 1.10 bits per heavy atom. The number of piperidine rings is 1. The third-order valence-corrected chi connectivity index (χ3v) is 5.78. The Hall–Kier alpha value is -3.06. The summed E-state index contributed by atoms with van der Waals surface area (Å²) in [6.45, 7) is 3.61. The maximum Gasteiger partial charge on any atom is 0.276 e. The second-order valence-corrected chi connectivity index (χ2v) is 7.85.